The zero-order valence-electron chi connectivity index (χ0n) is 11.8. The Morgan fingerprint density at radius 2 is 2.14 bits per heavy atom. The Hall–Kier alpha value is -2.23. The van der Waals surface area contributed by atoms with Crippen molar-refractivity contribution in [1.82, 2.24) is 4.98 Å². The Bertz CT molecular complexity index is 642. The van der Waals surface area contributed by atoms with E-state index in [0.717, 1.165) is 24.1 Å². The molecule has 21 heavy (non-hydrogen) atoms. The van der Waals surface area contributed by atoms with E-state index in [1.807, 2.05) is 24.3 Å². The molecule has 1 amide bonds. The Morgan fingerprint density at radius 1 is 1.24 bits per heavy atom. The molecule has 2 aromatic rings. The van der Waals surface area contributed by atoms with Gasteiger partial charge < -0.3 is 4.90 Å². The fraction of sp³-hybridized carbons (Fsp3) is 0.294. The van der Waals surface area contributed by atoms with Gasteiger partial charge >= 0.3 is 0 Å². The SMILES string of the molecule is O=C(CCc1ccccn1)N1CCCc2cccc(F)c21. The first kappa shape index (κ1) is 13.7. The van der Waals surface area contributed by atoms with Crippen LogP contribution in [0.1, 0.15) is 24.1 Å². The summed E-state index contributed by atoms with van der Waals surface area (Å²) in [5, 5.41) is 0. The van der Waals surface area contributed by atoms with Crippen LogP contribution in [0.25, 0.3) is 0 Å². The highest BCUT2D eigenvalue weighted by Crippen LogP contribution is 2.30. The fourth-order valence-electron chi connectivity index (χ4n) is 2.77. The van der Waals surface area contributed by atoms with Gasteiger partial charge in [-0.05, 0) is 43.0 Å². The third-order valence-electron chi connectivity index (χ3n) is 3.79. The number of fused-ring (bicyclic) bond motifs is 1. The molecule has 0 unspecified atom stereocenters. The van der Waals surface area contributed by atoms with Crippen LogP contribution in [0.2, 0.25) is 0 Å². The van der Waals surface area contributed by atoms with Crippen LogP contribution in [-0.2, 0) is 17.6 Å². The molecule has 0 atom stereocenters. The van der Waals surface area contributed by atoms with Crippen LogP contribution in [0, 0.1) is 5.82 Å². The number of para-hydroxylation sites is 1. The van der Waals surface area contributed by atoms with Crippen molar-refractivity contribution in [3.05, 3.63) is 59.7 Å². The zero-order chi connectivity index (χ0) is 14.7. The number of benzene rings is 1. The van der Waals surface area contributed by atoms with Crippen molar-refractivity contribution in [2.24, 2.45) is 0 Å². The molecule has 0 fully saturated rings. The highest BCUT2D eigenvalue weighted by atomic mass is 19.1. The summed E-state index contributed by atoms with van der Waals surface area (Å²) in [5.41, 5.74) is 2.28. The predicted molar refractivity (Wildman–Crippen MR) is 79.6 cm³/mol. The summed E-state index contributed by atoms with van der Waals surface area (Å²) in [7, 11) is 0. The van der Waals surface area contributed by atoms with Gasteiger partial charge in [-0.2, -0.15) is 0 Å². The second-order valence-electron chi connectivity index (χ2n) is 5.22. The molecule has 108 valence electrons. The first-order valence-corrected chi connectivity index (χ1v) is 7.23. The quantitative estimate of drug-likeness (QED) is 0.867. The fourth-order valence-corrected chi connectivity index (χ4v) is 2.77. The van der Waals surface area contributed by atoms with Crippen LogP contribution in [0.15, 0.2) is 42.6 Å². The standard InChI is InChI=1S/C17H17FN2O/c18-15-8-3-5-13-6-4-12-20(17(13)15)16(21)10-9-14-7-1-2-11-19-14/h1-3,5,7-8,11H,4,6,9-10,12H2. The number of amides is 1. The van der Waals surface area contributed by atoms with Crippen LogP contribution in [-0.4, -0.2) is 17.4 Å². The van der Waals surface area contributed by atoms with Crippen LogP contribution in [0.4, 0.5) is 10.1 Å². The number of hydrogen-bond acceptors (Lipinski definition) is 2. The summed E-state index contributed by atoms with van der Waals surface area (Å²) in [5.74, 6) is -0.343. The first-order valence-electron chi connectivity index (χ1n) is 7.23. The summed E-state index contributed by atoms with van der Waals surface area (Å²) >= 11 is 0. The van der Waals surface area contributed by atoms with E-state index < -0.39 is 0 Å². The Morgan fingerprint density at radius 3 is 2.95 bits per heavy atom. The van der Waals surface area contributed by atoms with Crippen LogP contribution < -0.4 is 4.90 Å². The molecule has 1 aromatic heterocycles. The van der Waals surface area contributed by atoms with Crippen molar-refractivity contribution < 1.29 is 9.18 Å². The molecule has 0 saturated carbocycles. The van der Waals surface area contributed by atoms with E-state index in [0.29, 0.717) is 25.1 Å². The summed E-state index contributed by atoms with van der Waals surface area (Å²) in [6.07, 6.45) is 4.36. The average molecular weight is 284 g/mol. The van der Waals surface area contributed by atoms with Crippen molar-refractivity contribution in [3.8, 4) is 0 Å². The van der Waals surface area contributed by atoms with E-state index in [-0.39, 0.29) is 11.7 Å². The van der Waals surface area contributed by atoms with E-state index in [9.17, 15) is 9.18 Å². The van der Waals surface area contributed by atoms with Crippen LogP contribution in [0.5, 0.6) is 0 Å². The smallest absolute Gasteiger partial charge is 0.227 e. The molecule has 0 N–H and O–H groups in total. The molecule has 3 nitrogen and oxygen atoms in total. The van der Waals surface area contributed by atoms with Gasteiger partial charge in [0.1, 0.15) is 5.82 Å². The largest absolute Gasteiger partial charge is 0.309 e. The number of aromatic nitrogens is 1. The molecule has 0 bridgehead atoms. The number of carbonyl (C=O) groups is 1. The third-order valence-corrected chi connectivity index (χ3v) is 3.79. The van der Waals surface area contributed by atoms with Crippen molar-refractivity contribution in [2.45, 2.75) is 25.7 Å². The summed E-state index contributed by atoms with van der Waals surface area (Å²) in [4.78, 5) is 18.2. The molecule has 1 aliphatic heterocycles. The molecule has 0 saturated heterocycles. The lowest BCUT2D eigenvalue weighted by molar-refractivity contribution is -0.118. The number of aryl methyl sites for hydroxylation is 2. The Balaban J connectivity index is 1.75. The molecule has 0 radical (unpaired) electrons. The average Bonchev–Trinajstić information content (AvgIpc) is 2.53. The maximum Gasteiger partial charge on any atom is 0.227 e. The zero-order valence-corrected chi connectivity index (χ0v) is 11.8. The highest BCUT2D eigenvalue weighted by Gasteiger charge is 2.25. The number of carbonyl (C=O) groups excluding carboxylic acids is 1. The topological polar surface area (TPSA) is 33.2 Å². The Kier molecular flexibility index (Phi) is 3.95. The second-order valence-corrected chi connectivity index (χ2v) is 5.22. The minimum atomic E-state index is -0.307. The molecule has 1 aromatic carbocycles. The number of rotatable bonds is 3. The van der Waals surface area contributed by atoms with E-state index >= 15 is 0 Å². The molecule has 0 aliphatic carbocycles. The number of anilines is 1. The summed E-state index contributed by atoms with van der Waals surface area (Å²) < 4.78 is 14.0. The highest BCUT2D eigenvalue weighted by molar-refractivity contribution is 5.94. The maximum absolute atomic E-state index is 14.0. The monoisotopic (exact) mass is 284 g/mol. The number of hydrogen-bond donors (Lipinski definition) is 0. The molecule has 1 aliphatic rings. The van der Waals surface area contributed by atoms with Gasteiger partial charge in [0.15, 0.2) is 0 Å². The predicted octanol–water partition coefficient (Wildman–Crippen LogP) is 3.13. The summed E-state index contributed by atoms with van der Waals surface area (Å²) in [6.45, 7) is 0.592. The lowest BCUT2D eigenvalue weighted by Gasteiger charge is -2.29. The second kappa shape index (κ2) is 6.04. The van der Waals surface area contributed by atoms with E-state index in [4.69, 9.17) is 0 Å². The van der Waals surface area contributed by atoms with E-state index in [2.05, 4.69) is 4.98 Å². The van der Waals surface area contributed by atoms with Gasteiger partial charge in [0.2, 0.25) is 5.91 Å². The number of pyridine rings is 1. The van der Waals surface area contributed by atoms with Gasteiger partial charge in [0.25, 0.3) is 0 Å². The minimum Gasteiger partial charge on any atom is -0.309 e. The van der Waals surface area contributed by atoms with Gasteiger partial charge in [0, 0.05) is 24.9 Å². The Labute approximate surface area is 123 Å². The van der Waals surface area contributed by atoms with Gasteiger partial charge in [-0.3, -0.25) is 9.78 Å². The van der Waals surface area contributed by atoms with Crippen LogP contribution >= 0.6 is 0 Å². The van der Waals surface area contributed by atoms with Crippen molar-refractivity contribution in [2.75, 3.05) is 11.4 Å². The molecule has 4 heteroatoms. The summed E-state index contributed by atoms with van der Waals surface area (Å²) in [6, 6.07) is 10.7. The van der Waals surface area contributed by atoms with Crippen molar-refractivity contribution in [3.63, 3.8) is 0 Å². The van der Waals surface area contributed by atoms with Crippen molar-refractivity contribution in [1.29, 1.82) is 0 Å². The van der Waals surface area contributed by atoms with Gasteiger partial charge in [-0.25, -0.2) is 4.39 Å². The first-order chi connectivity index (χ1) is 10.3. The minimum absolute atomic E-state index is 0.0355. The maximum atomic E-state index is 14.0. The van der Waals surface area contributed by atoms with Crippen molar-refractivity contribution >= 4 is 11.6 Å². The number of halogens is 1. The third kappa shape index (κ3) is 2.94. The van der Waals surface area contributed by atoms with E-state index in [1.165, 1.54) is 6.07 Å². The van der Waals surface area contributed by atoms with E-state index in [1.54, 1.807) is 17.2 Å². The van der Waals surface area contributed by atoms with Crippen LogP contribution in [0.3, 0.4) is 0 Å². The molecule has 3 rings (SSSR count). The lowest BCUT2D eigenvalue weighted by atomic mass is 10.0. The van der Waals surface area contributed by atoms with Gasteiger partial charge in [0.05, 0.1) is 5.69 Å². The normalized spacial score (nSPS) is 13.9. The number of nitrogens with zero attached hydrogens (tertiary/aromatic N) is 2. The molecule has 0 spiro atoms. The molecular weight excluding hydrogens is 267 g/mol. The molecular formula is C17H17FN2O. The lowest BCUT2D eigenvalue weighted by Crippen LogP contribution is -2.36. The van der Waals surface area contributed by atoms with Gasteiger partial charge in [-0.1, -0.05) is 18.2 Å². The molecule has 2 heterocycles. The van der Waals surface area contributed by atoms with Gasteiger partial charge in [-0.15, -0.1) is 0 Å².